The van der Waals surface area contributed by atoms with Crippen LogP contribution in [0.1, 0.15) is 23.6 Å². The van der Waals surface area contributed by atoms with Crippen LogP contribution in [0.2, 0.25) is 5.02 Å². The maximum absolute atomic E-state index is 12.9. The Bertz CT molecular complexity index is 1720. The van der Waals surface area contributed by atoms with Crippen LogP contribution in [0.3, 0.4) is 0 Å². The monoisotopic (exact) mass is 552 g/mol. The highest BCUT2D eigenvalue weighted by Crippen LogP contribution is 2.25. The van der Waals surface area contributed by atoms with Crippen LogP contribution < -0.4 is 19.6 Å². The number of carbonyl (C=O) groups is 1. The van der Waals surface area contributed by atoms with E-state index in [4.69, 9.17) is 30.2 Å². The first-order valence-electron chi connectivity index (χ1n) is 12.7. The third kappa shape index (κ3) is 6.60. The molecule has 1 aromatic heterocycles. The first kappa shape index (κ1) is 26.8. The molecule has 0 saturated carbocycles. The molecule has 0 amide bonds. The maximum Gasteiger partial charge on any atom is 0.336 e. The number of benzene rings is 4. The van der Waals surface area contributed by atoms with Crippen LogP contribution in [0.15, 0.2) is 113 Å². The van der Waals surface area contributed by atoms with E-state index in [1.807, 2.05) is 72.8 Å². The zero-order chi connectivity index (χ0) is 27.9. The summed E-state index contributed by atoms with van der Waals surface area (Å²) in [6.45, 7) is 2.42. The van der Waals surface area contributed by atoms with Gasteiger partial charge in [-0.25, -0.2) is 4.79 Å². The van der Waals surface area contributed by atoms with E-state index in [-0.39, 0.29) is 22.5 Å². The van der Waals surface area contributed by atoms with Gasteiger partial charge in [-0.15, -0.1) is 0 Å². The first-order chi connectivity index (χ1) is 19.5. The molecule has 1 heterocycles. The molecule has 0 bridgehead atoms. The van der Waals surface area contributed by atoms with Crippen LogP contribution in [0, 0.1) is 0 Å². The van der Waals surface area contributed by atoms with Crippen LogP contribution in [0.25, 0.3) is 17.0 Å². The van der Waals surface area contributed by atoms with Crippen molar-refractivity contribution < 1.29 is 23.4 Å². The van der Waals surface area contributed by atoms with Gasteiger partial charge < -0.3 is 18.6 Å². The average Bonchev–Trinajstić information content (AvgIpc) is 2.98. The topological polar surface area (TPSA) is 75.0 Å². The number of hydrogen-bond donors (Lipinski definition) is 0. The minimum absolute atomic E-state index is 0.0738. The summed E-state index contributed by atoms with van der Waals surface area (Å²) in [7, 11) is 0. The van der Waals surface area contributed by atoms with Crippen LogP contribution in [-0.2, 0) is 17.8 Å². The Morgan fingerprint density at radius 3 is 2.38 bits per heavy atom. The highest BCUT2D eigenvalue weighted by molar-refractivity contribution is 6.31. The number of ether oxygens (including phenoxy) is 3. The van der Waals surface area contributed by atoms with Gasteiger partial charge in [-0.3, -0.25) is 4.79 Å². The normalized spacial score (nSPS) is 11.1. The van der Waals surface area contributed by atoms with Gasteiger partial charge in [0.15, 0.2) is 0 Å². The Balaban J connectivity index is 1.19. The molecule has 40 heavy (non-hydrogen) atoms. The molecule has 0 atom stereocenters. The van der Waals surface area contributed by atoms with Gasteiger partial charge in [-0.1, -0.05) is 61.0 Å². The molecule has 200 valence electrons. The second-order valence-electron chi connectivity index (χ2n) is 8.89. The maximum atomic E-state index is 12.9. The minimum Gasteiger partial charge on any atom is -0.489 e. The molecule has 0 radical (unpaired) electrons. The lowest BCUT2D eigenvalue weighted by atomic mass is 10.2. The molecule has 0 spiro atoms. The van der Waals surface area contributed by atoms with Crippen molar-refractivity contribution in [3.63, 3.8) is 0 Å². The van der Waals surface area contributed by atoms with Gasteiger partial charge in [0.25, 0.3) is 0 Å². The summed E-state index contributed by atoms with van der Waals surface area (Å²) in [5, 5.41) is 0.969. The second-order valence-corrected chi connectivity index (χ2v) is 9.30. The Morgan fingerprint density at radius 1 is 0.900 bits per heavy atom. The van der Waals surface area contributed by atoms with Gasteiger partial charge >= 0.3 is 5.97 Å². The molecule has 0 N–H and O–H groups in total. The van der Waals surface area contributed by atoms with Crippen LogP contribution >= 0.6 is 11.6 Å². The quantitative estimate of drug-likeness (QED) is 0.105. The molecule has 0 aliphatic heterocycles. The van der Waals surface area contributed by atoms with E-state index in [2.05, 4.69) is 6.92 Å². The van der Waals surface area contributed by atoms with E-state index >= 15 is 0 Å². The van der Waals surface area contributed by atoms with E-state index in [1.54, 1.807) is 12.1 Å². The predicted molar refractivity (Wildman–Crippen MR) is 155 cm³/mol. The molecule has 0 saturated heterocycles. The van der Waals surface area contributed by atoms with E-state index in [9.17, 15) is 9.59 Å². The summed E-state index contributed by atoms with van der Waals surface area (Å²) in [6, 6.07) is 26.9. The standard InChI is InChI=1S/C33H25ClO6/c1-2-22-7-14-26(15-8-22)39-31-21-38-30-19-27(16-17-28(30)33(31)36)40-32(35)18-11-23-9-12-25(13-10-23)37-20-24-5-3-4-6-29(24)34/h3-19,21H,2,20H2,1H3. The molecule has 0 fully saturated rings. The lowest BCUT2D eigenvalue weighted by Gasteiger charge is -2.08. The lowest BCUT2D eigenvalue weighted by molar-refractivity contribution is -0.128. The lowest BCUT2D eigenvalue weighted by Crippen LogP contribution is -2.06. The molecule has 5 aromatic rings. The average molecular weight is 553 g/mol. The van der Waals surface area contributed by atoms with Gasteiger partial charge in [-0.2, -0.15) is 0 Å². The van der Waals surface area contributed by atoms with Gasteiger partial charge in [-0.05, 0) is 66.1 Å². The fraction of sp³-hybridized carbons (Fsp3) is 0.0909. The number of aryl methyl sites for hydroxylation is 1. The number of halogens is 1. The summed E-state index contributed by atoms with van der Waals surface area (Å²) < 4.78 is 22.5. The predicted octanol–water partition coefficient (Wildman–Crippen LogP) is 8.00. The number of carbonyl (C=O) groups excluding carboxylic acids is 1. The number of fused-ring (bicyclic) bond motifs is 1. The van der Waals surface area contributed by atoms with Gasteiger partial charge in [0, 0.05) is 22.7 Å². The smallest absolute Gasteiger partial charge is 0.336 e. The fourth-order valence-corrected chi connectivity index (χ4v) is 4.10. The highest BCUT2D eigenvalue weighted by Gasteiger charge is 2.11. The van der Waals surface area contributed by atoms with Crippen molar-refractivity contribution in [3.8, 4) is 23.0 Å². The summed E-state index contributed by atoms with van der Waals surface area (Å²) in [4.78, 5) is 25.3. The van der Waals surface area contributed by atoms with E-state index < -0.39 is 5.97 Å². The number of hydrogen-bond acceptors (Lipinski definition) is 6. The van der Waals surface area contributed by atoms with Crippen LogP contribution in [-0.4, -0.2) is 5.97 Å². The molecule has 0 aliphatic carbocycles. The van der Waals surface area contributed by atoms with Crippen molar-refractivity contribution in [2.24, 2.45) is 0 Å². The summed E-state index contributed by atoms with van der Waals surface area (Å²) in [5.41, 5.74) is 2.82. The van der Waals surface area contributed by atoms with Crippen molar-refractivity contribution in [3.05, 3.63) is 135 Å². The van der Waals surface area contributed by atoms with Gasteiger partial charge in [0.1, 0.15) is 35.7 Å². The van der Waals surface area contributed by atoms with Crippen molar-refractivity contribution in [1.29, 1.82) is 0 Å². The molecule has 7 heteroatoms. The van der Waals surface area contributed by atoms with E-state index in [1.165, 1.54) is 30.0 Å². The summed E-state index contributed by atoms with van der Waals surface area (Å²) in [6.07, 6.45) is 5.13. The van der Waals surface area contributed by atoms with Crippen molar-refractivity contribution >= 4 is 34.6 Å². The zero-order valence-electron chi connectivity index (χ0n) is 21.6. The van der Waals surface area contributed by atoms with Crippen molar-refractivity contribution in [1.82, 2.24) is 0 Å². The van der Waals surface area contributed by atoms with E-state index in [0.717, 1.165) is 17.5 Å². The Hall–Kier alpha value is -4.81. The molecular formula is C33H25ClO6. The minimum atomic E-state index is -0.573. The third-order valence-electron chi connectivity index (χ3n) is 6.14. The molecule has 4 aromatic carbocycles. The Morgan fingerprint density at radius 2 is 1.62 bits per heavy atom. The van der Waals surface area contributed by atoms with E-state index in [0.29, 0.717) is 28.5 Å². The Labute approximate surface area is 236 Å². The largest absolute Gasteiger partial charge is 0.489 e. The fourth-order valence-electron chi connectivity index (χ4n) is 3.91. The summed E-state index contributed by atoms with van der Waals surface area (Å²) >= 11 is 6.16. The highest BCUT2D eigenvalue weighted by atomic mass is 35.5. The van der Waals surface area contributed by atoms with Crippen LogP contribution in [0.5, 0.6) is 23.0 Å². The third-order valence-corrected chi connectivity index (χ3v) is 6.51. The molecule has 6 nitrogen and oxygen atoms in total. The molecule has 0 aliphatic rings. The summed E-state index contributed by atoms with van der Waals surface area (Å²) in [5.74, 6) is 0.971. The molecular weight excluding hydrogens is 528 g/mol. The SMILES string of the molecule is CCc1ccc(Oc2coc3cc(OC(=O)C=Cc4ccc(OCc5ccccc5Cl)cc4)ccc3c2=O)cc1. The number of rotatable bonds is 9. The van der Waals surface area contributed by atoms with Crippen LogP contribution in [0.4, 0.5) is 0 Å². The molecule has 5 rings (SSSR count). The second kappa shape index (κ2) is 12.4. The zero-order valence-corrected chi connectivity index (χ0v) is 22.4. The first-order valence-corrected chi connectivity index (χ1v) is 13.0. The van der Waals surface area contributed by atoms with Gasteiger partial charge in [0.2, 0.25) is 11.2 Å². The molecule has 0 unspecified atom stereocenters. The van der Waals surface area contributed by atoms with Gasteiger partial charge in [0.05, 0.1) is 5.39 Å². The Kier molecular flexibility index (Phi) is 8.28. The van der Waals surface area contributed by atoms with Crippen molar-refractivity contribution in [2.45, 2.75) is 20.0 Å². The number of esters is 1. The van der Waals surface area contributed by atoms with Crippen molar-refractivity contribution in [2.75, 3.05) is 0 Å².